The Kier molecular flexibility index (Phi) is 5.13. The van der Waals surface area contributed by atoms with Gasteiger partial charge in [0.15, 0.2) is 0 Å². The van der Waals surface area contributed by atoms with E-state index in [9.17, 15) is 0 Å². The fourth-order valence-electron chi connectivity index (χ4n) is 1.48. The van der Waals surface area contributed by atoms with Crippen molar-refractivity contribution in [3.05, 3.63) is 29.8 Å². The summed E-state index contributed by atoms with van der Waals surface area (Å²) in [6.07, 6.45) is 6.44. The molecule has 0 saturated heterocycles. The van der Waals surface area contributed by atoms with Crippen LogP contribution in [0.1, 0.15) is 38.2 Å². The maximum absolute atomic E-state index is 5.06. The van der Waals surface area contributed by atoms with Crippen LogP contribution in [0.4, 0.5) is 0 Å². The first-order valence-electron chi connectivity index (χ1n) is 5.41. The van der Waals surface area contributed by atoms with Crippen molar-refractivity contribution >= 4 is 0 Å². The zero-order valence-corrected chi connectivity index (χ0v) is 9.18. The van der Waals surface area contributed by atoms with Gasteiger partial charge in [0.05, 0.1) is 7.11 Å². The molecule has 0 aromatic heterocycles. The largest absolute Gasteiger partial charge is 0.496 e. The van der Waals surface area contributed by atoms with Crippen molar-refractivity contribution in [1.29, 1.82) is 0 Å². The zero-order chi connectivity index (χ0) is 10.2. The van der Waals surface area contributed by atoms with Crippen LogP contribution >= 0.6 is 0 Å². The van der Waals surface area contributed by atoms with Gasteiger partial charge in [-0.3, -0.25) is 0 Å². The summed E-state index contributed by atoms with van der Waals surface area (Å²) >= 11 is 0. The summed E-state index contributed by atoms with van der Waals surface area (Å²) < 4.78 is 5.06. The molecule has 0 atom stereocenters. The van der Waals surface area contributed by atoms with Gasteiger partial charge in [0.1, 0.15) is 5.75 Å². The van der Waals surface area contributed by atoms with E-state index in [0.29, 0.717) is 0 Å². The fraction of sp³-hybridized carbons (Fsp3) is 0.538. The van der Waals surface area contributed by atoms with Gasteiger partial charge in [0.2, 0.25) is 0 Å². The molecule has 14 heavy (non-hydrogen) atoms. The van der Waals surface area contributed by atoms with Crippen LogP contribution in [0.3, 0.4) is 0 Å². The third kappa shape index (κ3) is 3.82. The van der Waals surface area contributed by atoms with E-state index in [2.05, 4.69) is 19.1 Å². The molecule has 0 bridgehead atoms. The summed E-state index contributed by atoms with van der Waals surface area (Å²) in [6, 6.07) is 9.25. The lowest BCUT2D eigenvalue weighted by Crippen LogP contribution is -1.87. The van der Waals surface area contributed by atoms with E-state index in [0.717, 1.165) is 5.75 Å². The van der Waals surface area contributed by atoms with Gasteiger partial charge in [0.25, 0.3) is 0 Å². The molecule has 1 heteroatoms. The molecule has 0 heterocycles. The lowest BCUT2D eigenvalue weighted by atomic mass is 10.1. The van der Waals surface area contributed by atoms with Crippen molar-refractivity contribution in [1.82, 2.24) is 0 Å². The van der Waals surface area contributed by atoms with Gasteiger partial charge in [-0.25, -0.2) is 0 Å². The molecule has 0 N–H and O–H groups in total. The molecule has 0 aliphatic rings. The molecule has 1 rings (SSSR count). The molecule has 1 radical (unpaired) electrons. The third-order valence-corrected chi connectivity index (χ3v) is 2.39. The lowest BCUT2D eigenvalue weighted by Gasteiger charge is -2.02. The molecular formula is C13H19O. The molecule has 0 fully saturated rings. The van der Waals surface area contributed by atoms with Gasteiger partial charge in [-0.15, -0.1) is 0 Å². The maximum Gasteiger partial charge on any atom is 0.126 e. The van der Waals surface area contributed by atoms with Crippen LogP contribution in [0, 0.1) is 6.07 Å². The van der Waals surface area contributed by atoms with E-state index in [1.54, 1.807) is 7.11 Å². The first-order valence-corrected chi connectivity index (χ1v) is 5.41. The summed E-state index contributed by atoms with van der Waals surface area (Å²) in [4.78, 5) is 0. The topological polar surface area (TPSA) is 9.23 Å². The molecule has 1 aromatic carbocycles. The van der Waals surface area contributed by atoms with Crippen LogP contribution in [-0.2, 0) is 6.42 Å². The van der Waals surface area contributed by atoms with Crippen molar-refractivity contribution in [2.75, 3.05) is 7.11 Å². The molecule has 0 aliphatic carbocycles. The molecule has 0 saturated carbocycles. The second-order valence-corrected chi connectivity index (χ2v) is 3.58. The van der Waals surface area contributed by atoms with Crippen LogP contribution in [0.25, 0.3) is 0 Å². The second-order valence-electron chi connectivity index (χ2n) is 3.58. The average Bonchev–Trinajstić information content (AvgIpc) is 2.25. The number of hydrogen-bond acceptors (Lipinski definition) is 1. The minimum Gasteiger partial charge on any atom is -0.496 e. The number of benzene rings is 1. The monoisotopic (exact) mass is 191 g/mol. The highest BCUT2D eigenvalue weighted by Gasteiger charge is 1.94. The Hall–Kier alpha value is -0.980. The van der Waals surface area contributed by atoms with E-state index >= 15 is 0 Å². The minimum atomic E-state index is 0.822. The predicted molar refractivity (Wildman–Crippen MR) is 59.7 cm³/mol. The molecule has 1 aromatic rings. The highest BCUT2D eigenvalue weighted by Crippen LogP contribution is 2.13. The van der Waals surface area contributed by atoms with E-state index in [1.807, 2.05) is 12.1 Å². The van der Waals surface area contributed by atoms with Crippen LogP contribution < -0.4 is 4.74 Å². The summed E-state index contributed by atoms with van der Waals surface area (Å²) in [7, 11) is 1.67. The van der Waals surface area contributed by atoms with Crippen molar-refractivity contribution < 1.29 is 4.74 Å². The molecule has 77 valence electrons. The first kappa shape index (κ1) is 11.1. The Bertz CT molecular complexity index is 238. The summed E-state index contributed by atoms with van der Waals surface area (Å²) in [5, 5.41) is 0. The smallest absolute Gasteiger partial charge is 0.126 e. The Labute approximate surface area is 87.1 Å². The van der Waals surface area contributed by atoms with Gasteiger partial charge in [-0.2, -0.15) is 0 Å². The Morgan fingerprint density at radius 1 is 1.21 bits per heavy atom. The number of aryl methyl sites for hydroxylation is 1. The van der Waals surface area contributed by atoms with Crippen LogP contribution in [0.15, 0.2) is 18.2 Å². The van der Waals surface area contributed by atoms with Crippen LogP contribution in [0.2, 0.25) is 0 Å². The average molecular weight is 191 g/mol. The highest BCUT2D eigenvalue weighted by molar-refractivity contribution is 5.25. The minimum absolute atomic E-state index is 0.822. The molecular weight excluding hydrogens is 172 g/mol. The molecule has 1 nitrogen and oxygen atoms in total. The molecule has 0 amide bonds. The number of methoxy groups -OCH3 is 1. The quantitative estimate of drug-likeness (QED) is 0.624. The summed E-state index contributed by atoms with van der Waals surface area (Å²) in [5.74, 6) is 0.822. The number of rotatable bonds is 6. The van der Waals surface area contributed by atoms with Gasteiger partial charge in [-0.1, -0.05) is 32.3 Å². The Morgan fingerprint density at radius 3 is 2.64 bits per heavy atom. The zero-order valence-electron chi connectivity index (χ0n) is 9.18. The van der Waals surface area contributed by atoms with Crippen molar-refractivity contribution in [3.63, 3.8) is 0 Å². The first-order chi connectivity index (χ1) is 6.86. The number of hydrogen-bond donors (Lipinski definition) is 0. The standard InChI is InChI=1S/C13H19O/c1-3-4-5-6-7-12-8-10-13(14-2)11-9-12/h8-10H,3-7H2,1-2H3. The normalized spacial score (nSPS) is 10.1. The Balaban J connectivity index is 2.29. The fourth-order valence-corrected chi connectivity index (χ4v) is 1.48. The SMILES string of the molecule is CCCCCCc1c[c]c(OC)cc1. The third-order valence-electron chi connectivity index (χ3n) is 2.39. The number of ether oxygens (including phenoxy) is 1. The summed E-state index contributed by atoms with van der Waals surface area (Å²) in [6.45, 7) is 2.24. The van der Waals surface area contributed by atoms with E-state index in [4.69, 9.17) is 4.74 Å². The van der Waals surface area contributed by atoms with Crippen LogP contribution in [0.5, 0.6) is 5.75 Å². The van der Waals surface area contributed by atoms with Gasteiger partial charge in [0, 0.05) is 6.07 Å². The lowest BCUT2D eigenvalue weighted by molar-refractivity contribution is 0.413. The second kappa shape index (κ2) is 6.47. The predicted octanol–water partition coefficient (Wildman–Crippen LogP) is 3.62. The maximum atomic E-state index is 5.06. The van der Waals surface area contributed by atoms with Gasteiger partial charge < -0.3 is 4.74 Å². The summed E-state index contributed by atoms with van der Waals surface area (Å²) in [5.41, 5.74) is 1.36. The molecule has 0 aliphatic heterocycles. The van der Waals surface area contributed by atoms with Gasteiger partial charge >= 0.3 is 0 Å². The molecule has 0 spiro atoms. The Morgan fingerprint density at radius 2 is 2.07 bits per heavy atom. The van der Waals surface area contributed by atoms with E-state index in [-0.39, 0.29) is 0 Å². The van der Waals surface area contributed by atoms with E-state index in [1.165, 1.54) is 37.7 Å². The van der Waals surface area contributed by atoms with Gasteiger partial charge in [-0.05, 0) is 30.5 Å². The van der Waals surface area contributed by atoms with Crippen LogP contribution in [-0.4, -0.2) is 7.11 Å². The number of unbranched alkanes of at least 4 members (excludes halogenated alkanes) is 3. The van der Waals surface area contributed by atoms with Crippen molar-refractivity contribution in [3.8, 4) is 5.75 Å². The van der Waals surface area contributed by atoms with Crippen molar-refractivity contribution in [2.24, 2.45) is 0 Å². The molecule has 0 unspecified atom stereocenters. The van der Waals surface area contributed by atoms with E-state index < -0.39 is 0 Å². The van der Waals surface area contributed by atoms with Crippen molar-refractivity contribution in [2.45, 2.75) is 39.0 Å². The highest BCUT2D eigenvalue weighted by atomic mass is 16.5.